The number of aromatic amines is 1. The molecule has 0 aliphatic carbocycles. The minimum atomic E-state index is -3.81. The smallest absolute Gasteiger partial charge is 0.328 e. The lowest BCUT2D eigenvalue weighted by Crippen LogP contribution is -2.41. The van der Waals surface area contributed by atoms with E-state index in [1.54, 1.807) is 6.92 Å². The van der Waals surface area contributed by atoms with E-state index in [4.69, 9.17) is 14.0 Å². The molecule has 0 bridgehead atoms. The molecular formula is C12H21N2O7P. The molecule has 3 atom stereocenters. The fourth-order valence-electron chi connectivity index (χ4n) is 1.91. The second-order valence-corrected chi connectivity index (χ2v) is 6.72. The van der Waals surface area contributed by atoms with Crippen molar-refractivity contribution in [2.45, 2.75) is 25.7 Å². The maximum absolute atomic E-state index is 11.8. The molecule has 0 fully saturated rings. The first kappa shape index (κ1) is 18.8. The van der Waals surface area contributed by atoms with Gasteiger partial charge in [0.2, 0.25) is 0 Å². The number of rotatable bonds is 8. The molecule has 0 aliphatic rings. The number of hydrogen-bond acceptors (Lipinski definition) is 6. The lowest BCUT2D eigenvalue weighted by Gasteiger charge is -2.27. The number of methoxy groups -OCH3 is 2. The van der Waals surface area contributed by atoms with Crippen LogP contribution < -0.4 is 11.2 Å². The normalized spacial score (nSPS) is 17.0. The molecule has 0 aromatic carbocycles. The summed E-state index contributed by atoms with van der Waals surface area (Å²) in [5.74, 6) is 0. The van der Waals surface area contributed by atoms with Crippen LogP contribution in [0.3, 0.4) is 0 Å². The molecule has 3 unspecified atom stereocenters. The van der Waals surface area contributed by atoms with E-state index < -0.39 is 31.1 Å². The third kappa shape index (κ3) is 5.51. The van der Waals surface area contributed by atoms with E-state index in [0.717, 1.165) is 6.66 Å². The quantitative estimate of drug-likeness (QED) is 0.626. The van der Waals surface area contributed by atoms with Crippen molar-refractivity contribution in [1.29, 1.82) is 0 Å². The molecule has 9 nitrogen and oxygen atoms in total. The Kier molecular flexibility index (Phi) is 6.70. The van der Waals surface area contributed by atoms with Gasteiger partial charge in [0.05, 0.1) is 13.2 Å². The summed E-state index contributed by atoms with van der Waals surface area (Å²) in [5, 5.41) is 0. The van der Waals surface area contributed by atoms with E-state index in [9.17, 15) is 19.0 Å². The van der Waals surface area contributed by atoms with Gasteiger partial charge >= 0.3 is 13.3 Å². The van der Waals surface area contributed by atoms with Gasteiger partial charge in [-0.2, -0.15) is 0 Å². The molecule has 0 aliphatic heterocycles. The summed E-state index contributed by atoms with van der Waals surface area (Å²) in [6, 6.07) is 0. The molecule has 126 valence electrons. The van der Waals surface area contributed by atoms with E-state index in [0.29, 0.717) is 5.56 Å². The van der Waals surface area contributed by atoms with Gasteiger partial charge in [0, 0.05) is 32.6 Å². The molecule has 22 heavy (non-hydrogen) atoms. The summed E-state index contributed by atoms with van der Waals surface area (Å²) in [5.41, 5.74) is -0.787. The number of ether oxygens (including phenoxy) is 2. The molecule has 1 aromatic rings. The molecule has 2 N–H and O–H groups in total. The summed E-state index contributed by atoms with van der Waals surface area (Å²) < 4.78 is 28.0. The van der Waals surface area contributed by atoms with Crippen LogP contribution in [0.2, 0.25) is 0 Å². The van der Waals surface area contributed by atoms with Gasteiger partial charge in [-0.25, -0.2) is 4.79 Å². The number of H-pyrrole nitrogens is 1. The lowest BCUT2D eigenvalue weighted by atomic mass is 10.2. The first-order valence-electron chi connectivity index (χ1n) is 6.48. The average molecular weight is 336 g/mol. The summed E-state index contributed by atoms with van der Waals surface area (Å²) in [6.45, 7) is 2.62. The molecule has 0 saturated heterocycles. The topological polar surface area (TPSA) is 120 Å². The van der Waals surface area contributed by atoms with Crippen LogP contribution in [0.4, 0.5) is 0 Å². The summed E-state index contributed by atoms with van der Waals surface area (Å²) in [6.07, 6.45) is -0.215. The Bertz CT molecular complexity index is 648. The van der Waals surface area contributed by atoms with Gasteiger partial charge in [-0.1, -0.05) is 0 Å². The van der Waals surface area contributed by atoms with Crippen LogP contribution >= 0.6 is 7.60 Å². The van der Waals surface area contributed by atoms with E-state index in [-0.39, 0.29) is 13.2 Å². The van der Waals surface area contributed by atoms with Crippen LogP contribution in [0.1, 0.15) is 5.56 Å². The fourth-order valence-corrected chi connectivity index (χ4v) is 2.61. The summed E-state index contributed by atoms with van der Waals surface area (Å²) in [7, 11) is -0.959. The van der Waals surface area contributed by atoms with Crippen LogP contribution in [0.15, 0.2) is 15.8 Å². The lowest BCUT2D eigenvalue weighted by molar-refractivity contribution is -0.0488. The molecule has 0 spiro atoms. The Labute approximate surface area is 127 Å². The van der Waals surface area contributed by atoms with Gasteiger partial charge < -0.3 is 18.9 Å². The second kappa shape index (κ2) is 7.85. The van der Waals surface area contributed by atoms with Crippen LogP contribution in [0, 0.1) is 6.92 Å². The van der Waals surface area contributed by atoms with E-state index in [2.05, 4.69) is 4.98 Å². The van der Waals surface area contributed by atoms with Crippen LogP contribution in [0.25, 0.3) is 0 Å². The van der Waals surface area contributed by atoms with Crippen LogP contribution in [-0.2, 0) is 25.1 Å². The molecule has 0 amide bonds. The molecular weight excluding hydrogens is 315 g/mol. The van der Waals surface area contributed by atoms with Crippen molar-refractivity contribution >= 4 is 7.60 Å². The number of aryl methyl sites for hydroxylation is 1. The fraction of sp³-hybridized carbons (Fsp3) is 0.667. The monoisotopic (exact) mass is 336 g/mol. The predicted octanol–water partition coefficient (Wildman–Crippen LogP) is -0.293. The number of aromatic nitrogens is 2. The van der Waals surface area contributed by atoms with Crippen molar-refractivity contribution in [3.05, 3.63) is 32.6 Å². The van der Waals surface area contributed by atoms with Crippen molar-refractivity contribution in [3.8, 4) is 0 Å². The van der Waals surface area contributed by atoms with Crippen LogP contribution in [-0.4, -0.2) is 54.1 Å². The Morgan fingerprint density at radius 1 is 1.36 bits per heavy atom. The number of nitrogens with zero attached hydrogens (tertiary/aromatic N) is 1. The third-order valence-corrected chi connectivity index (χ3v) is 3.61. The highest BCUT2D eigenvalue weighted by molar-refractivity contribution is 7.51. The summed E-state index contributed by atoms with van der Waals surface area (Å²) in [4.78, 5) is 34.8. The largest absolute Gasteiger partial charge is 0.382 e. The first-order valence-corrected chi connectivity index (χ1v) is 8.51. The van der Waals surface area contributed by atoms with Crippen molar-refractivity contribution in [2.75, 3.05) is 27.5 Å². The van der Waals surface area contributed by atoms with E-state index in [1.807, 2.05) is 0 Å². The van der Waals surface area contributed by atoms with Crippen molar-refractivity contribution in [1.82, 2.24) is 9.55 Å². The van der Waals surface area contributed by atoms with E-state index >= 15 is 0 Å². The second-order valence-electron chi connectivity index (χ2n) is 4.90. The third-order valence-electron chi connectivity index (χ3n) is 2.94. The Hall–Kier alpha value is -1.25. The summed E-state index contributed by atoms with van der Waals surface area (Å²) >= 11 is 0. The van der Waals surface area contributed by atoms with E-state index in [1.165, 1.54) is 25.0 Å². The number of nitrogens with one attached hydrogen (secondary N) is 1. The van der Waals surface area contributed by atoms with Gasteiger partial charge in [0.25, 0.3) is 5.56 Å². The van der Waals surface area contributed by atoms with Gasteiger partial charge in [0.15, 0.2) is 0 Å². The standard InChI is InChI=1S/C12H21N2O7P/c1-8-5-14(12(16)13-11(8)15)6-9(21-22(4,17)18)10(20-3)7-19-2/h5,9-10H,6-7H2,1-4H3,(H,17,18)(H,13,15,16). The molecule has 1 aromatic heterocycles. The predicted molar refractivity (Wildman–Crippen MR) is 79.4 cm³/mol. The van der Waals surface area contributed by atoms with Gasteiger partial charge in [0.1, 0.15) is 12.2 Å². The van der Waals surface area contributed by atoms with Crippen LogP contribution in [0.5, 0.6) is 0 Å². The zero-order valence-electron chi connectivity index (χ0n) is 12.9. The minimum absolute atomic E-state index is 0.0727. The Balaban J connectivity index is 3.12. The molecule has 10 heteroatoms. The minimum Gasteiger partial charge on any atom is -0.382 e. The van der Waals surface area contributed by atoms with Gasteiger partial charge in [-0.05, 0) is 6.92 Å². The average Bonchev–Trinajstić information content (AvgIpc) is 2.39. The zero-order chi connectivity index (χ0) is 16.9. The molecule has 1 rings (SSSR count). The van der Waals surface area contributed by atoms with Gasteiger partial charge in [-0.3, -0.25) is 18.9 Å². The van der Waals surface area contributed by atoms with Crippen molar-refractivity contribution in [3.63, 3.8) is 0 Å². The molecule has 0 saturated carbocycles. The number of hydrogen-bond donors (Lipinski definition) is 2. The Morgan fingerprint density at radius 2 is 2.00 bits per heavy atom. The highest BCUT2D eigenvalue weighted by Crippen LogP contribution is 2.39. The molecule has 0 radical (unpaired) electrons. The SMILES string of the molecule is COCC(OC)C(Cn1cc(C)c(=O)[nH]c1=O)OP(C)(=O)O. The maximum atomic E-state index is 11.8. The highest BCUT2D eigenvalue weighted by atomic mass is 31.2. The first-order chi connectivity index (χ1) is 10.2. The highest BCUT2D eigenvalue weighted by Gasteiger charge is 2.29. The van der Waals surface area contributed by atoms with Crippen molar-refractivity contribution in [2.24, 2.45) is 0 Å². The van der Waals surface area contributed by atoms with Crippen molar-refractivity contribution < 1.29 is 23.5 Å². The maximum Gasteiger partial charge on any atom is 0.328 e. The van der Waals surface area contributed by atoms with Gasteiger partial charge in [-0.15, -0.1) is 0 Å². The Morgan fingerprint density at radius 3 is 2.50 bits per heavy atom. The molecule has 1 heterocycles. The zero-order valence-corrected chi connectivity index (χ0v) is 13.8.